The molecular weight excluding hydrogens is 468 g/mol. The van der Waals surface area contributed by atoms with Crippen molar-refractivity contribution in [3.8, 4) is 0 Å². The topological polar surface area (TPSA) is 93.2 Å². The lowest BCUT2D eigenvalue weighted by atomic mass is 9.77. The predicted octanol–water partition coefficient (Wildman–Crippen LogP) is 4.81. The van der Waals surface area contributed by atoms with Gasteiger partial charge in [0.1, 0.15) is 11.6 Å². The van der Waals surface area contributed by atoms with Gasteiger partial charge in [0.2, 0.25) is 11.5 Å². The summed E-state index contributed by atoms with van der Waals surface area (Å²) in [5, 5.41) is 2.45. The molecule has 0 saturated heterocycles. The van der Waals surface area contributed by atoms with Gasteiger partial charge in [0.05, 0.1) is 5.56 Å². The summed E-state index contributed by atoms with van der Waals surface area (Å²) in [7, 11) is 0. The quantitative estimate of drug-likeness (QED) is 0.367. The molecule has 35 heavy (non-hydrogen) atoms. The fourth-order valence-electron chi connectivity index (χ4n) is 3.67. The number of pyridine rings is 2. The van der Waals surface area contributed by atoms with Gasteiger partial charge in [-0.25, -0.2) is 14.9 Å². The molecule has 7 nitrogen and oxygen atoms in total. The molecule has 3 aromatic rings. The summed E-state index contributed by atoms with van der Waals surface area (Å²) in [6, 6.07) is 9.12. The van der Waals surface area contributed by atoms with Crippen molar-refractivity contribution in [1.82, 2.24) is 15.4 Å². The second-order valence-electron chi connectivity index (χ2n) is 7.85. The minimum absolute atomic E-state index is 0.0250. The Kier molecular flexibility index (Phi) is 7.49. The summed E-state index contributed by atoms with van der Waals surface area (Å²) in [6.07, 6.45) is -2.52. The monoisotopic (exact) mass is 490 g/mol. The Morgan fingerprint density at radius 1 is 1.09 bits per heavy atom. The molecule has 11 heteroatoms. The number of amides is 2. The summed E-state index contributed by atoms with van der Waals surface area (Å²) in [4.78, 5) is 37.1. The molecule has 1 aromatic carbocycles. The van der Waals surface area contributed by atoms with Crippen molar-refractivity contribution in [2.24, 2.45) is 0 Å². The van der Waals surface area contributed by atoms with Crippen molar-refractivity contribution < 1.29 is 32.0 Å². The Balaban J connectivity index is 2.14. The van der Waals surface area contributed by atoms with Crippen LogP contribution in [0, 0.1) is 12.7 Å². The average Bonchev–Trinajstić information content (AvgIpc) is 2.79. The summed E-state index contributed by atoms with van der Waals surface area (Å²) >= 11 is 0. The number of benzene rings is 1. The molecular formula is C24H22F4N4O3. The highest BCUT2D eigenvalue weighted by Crippen LogP contribution is 2.51. The van der Waals surface area contributed by atoms with Gasteiger partial charge in [0, 0.05) is 30.9 Å². The highest BCUT2D eigenvalue weighted by Gasteiger charge is 2.62. The molecule has 0 bridgehead atoms. The summed E-state index contributed by atoms with van der Waals surface area (Å²) in [5.41, 5.74) is -1.26. The fourth-order valence-corrected chi connectivity index (χ4v) is 3.67. The van der Waals surface area contributed by atoms with Crippen molar-refractivity contribution in [2.45, 2.75) is 38.5 Å². The van der Waals surface area contributed by atoms with Gasteiger partial charge in [-0.2, -0.15) is 13.2 Å². The molecule has 2 N–H and O–H groups in total. The summed E-state index contributed by atoms with van der Waals surface area (Å²) in [5.74, 6) is -3.59. The van der Waals surface area contributed by atoms with E-state index < -0.39 is 40.9 Å². The van der Waals surface area contributed by atoms with E-state index in [2.05, 4.69) is 15.3 Å². The first-order valence-corrected chi connectivity index (χ1v) is 10.4. The van der Waals surface area contributed by atoms with Crippen molar-refractivity contribution in [1.29, 1.82) is 0 Å². The number of alkyl halides is 3. The molecule has 0 fully saturated rings. The van der Waals surface area contributed by atoms with Gasteiger partial charge in [0.15, 0.2) is 0 Å². The van der Waals surface area contributed by atoms with E-state index in [1.807, 2.05) is 5.48 Å². The lowest BCUT2D eigenvalue weighted by Gasteiger charge is -2.40. The number of hydrogen-bond donors (Lipinski definition) is 2. The number of rotatable bonds is 7. The highest BCUT2D eigenvalue weighted by atomic mass is 19.4. The second kappa shape index (κ2) is 10.2. The van der Waals surface area contributed by atoms with Crippen LogP contribution >= 0.6 is 0 Å². The Bertz CT molecular complexity index is 1200. The van der Waals surface area contributed by atoms with Crippen LogP contribution in [0.2, 0.25) is 0 Å². The third-order valence-electron chi connectivity index (χ3n) is 5.31. The van der Waals surface area contributed by atoms with Crippen LogP contribution in [0.4, 0.5) is 23.4 Å². The number of carbonyl (C=O) groups is 2. The van der Waals surface area contributed by atoms with E-state index in [0.717, 1.165) is 24.3 Å². The number of aryl methyl sites for hydroxylation is 1. The maximum atomic E-state index is 14.9. The van der Waals surface area contributed by atoms with Gasteiger partial charge >= 0.3 is 6.18 Å². The number of carbonyl (C=O) groups excluding carboxylic acids is 2. The van der Waals surface area contributed by atoms with Crippen LogP contribution in [0.3, 0.4) is 0 Å². The number of hydroxylamine groups is 1. The van der Waals surface area contributed by atoms with E-state index in [1.165, 1.54) is 50.5 Å². The van der Waals surface area contributed by atoms with Crippen LogP contribution in [0.25, 0.3) is 0 Å². The van der Waals surface area contributed by atoms with E-state index in [0.29, 0.717) is 5.69 Å². The Morgan fingerprint density at radius 3 is 2.34 bits per heavy atom. The van der Waals surface area contributed by atoms with E-state index >= 15 is 0 Å². The van der Waals surface area contributed by atoms with Gasteiger partial charge in [-0.15, -0.1) is 0 Å². The van der Waals surface area contributed by atoms with Crippen LogP contribution in [0.1, 0.15) is 46.9 Å². The molecule has 0 radical (unpaired) electrons. The Hall–Kier alpha value is -3.86. The third-order valence-corrected chi connectivity index (χ3v) is 5.31. The first-order valence-electron chi connectivity index (χ1n) is 10.4. The maximum absolute atomic E-state index is 14.9. The van der Waals surface area contributed by atoms with Gasteiger partial charge in [0.25, 0.3) is 5.91 Å². The first-order chi connectivity index (χ1) is 16.4. The predicted molar refractivity (Wildman–Crippen MR) is 119 cm³/mol. The molecule has 2 amide bonds. The van der Waals surface area contributed by atoms with Crippen LogP contribution in [-0.2, 0) is 15.2 Å². The largest absolute Gasteiger partial charge is 0.424 e. The number of anilines is 1. The van der Waals surface area contributed by atoms with Crippen molar-refractivity contribution in [3.63, 3.8) is 0 Å². The Labute approximate surface area is 198 Å². The van der Waals surface area contributed by atoms with Crippen molar-refractivity contribution >= 4 is 17.6 Å². The van der Waals surface area contributed by atoms with Crippen LogP contribution in [-0.4, -0.2) is 28.0 Å². The van der Waals surface area contributed by atoms with E-state index in [9.17, 15) is 27.2 Å². The van der Waals surface area contributed by atoms with Gasteiger partial charge < -0.3 is 5.32 Å². The van der Waals surface area contributed by atoms with Crippen LogP contribution in [0.5, 0.6) is 0 Å². The standard InChI is InChI=1S/C24H22F4N4O3/c1-14-11-18(12-21(30-14)31-16(3)33)15(2)23(24(26,27)28,19-6-8-20(25)9-7-19)35-32-22(34)17-5-4-10-29-13-17/h4-13,15H,1-3H3,(H,32,34)(H,30,31,33). The zero-order chi connectivity index (χ0) is 25.8. The van der Waals surface area contributed by atoms with Crippen molar-refractivity contribution in [3.05, 3.63) is 89.1 Å². The molecule has 0 aliphatic carbocycles. The number of hydrogen-bond acceptors (Lipinski definition) is 5. The van der Waals surface area contributed by atoms with Gasteiger partial charge in [-0.05, 0) is 54.4 Å². The van der Waals surface area contributed by atoms with Crippen LogP contribution < -0.4 is 10.8 Å². The lowest BCUT2D eigenvalue weighted by Crippen LogP contribution is -2.52. The molecule has 2 atom stereocenters. The minimum atomic E-state index is -5.09. The van der Waals surface area contributed by atoms with Crippen LogP contribution in [0.15, 0.2) is 60.9 Å². The molecule has 2 unspecified atom stereocenters. The molecule has 0 saturated carbocycles. The number of aromatic nitrogens is 2. The number of halogens is 4. The third kappa shape index (κ3) is 5.62. The molecule has 2 aromatic heterocycles. The zero-order valence-corrected chi connectivity index (χ0v) is 19.0. The molecule has 184 valence electrons. The maximum Gasteiger partial charge on any atom is 0.424 e. The zero-order valence-electron chi connectivity index (χ0n) is 19.0. The smallest absolute Gasteiger partial charge is 0.311 e. The molecule has 0 aliphatic rings. The summed E-state index contributed by atoms with van der Waals surface area (Å²) in [6.45, 7) is 4.04. The highest BCUT2D eigenvalue weighted by molar-refractivity contribution is 5.93. The normalized spacial score (nSPS) is 14.0. The average molecular weight is 490 g/mol. The lowest BCUT2D eigenvalue weighted by molar-refractivity contribution is -0.306. The van der Waals surface area contributed by atoms with E-state index in [4.69, 9.17) is 4.84 Å². The molecule has 0 spiro atoms. The Morgan fingerprint density at radius 2 is 1.77 bits per heavy atom. The van der Waals surface area contributed by atoms with E-state index in [-0.39, 0.29) is 16.9 Å². The SMILES string of the molecule is CC(=O)Nc1cc(C(C)C(ONC(=O)c2cccnc2)(c2ccc(F)cc2)C(F)(F)F)cc(C)n1. The van der Waals surface area contributed by atoms with E-state index in [1.54, 1.807) is 6.92 Å². The number of nitrogens with one attached hydrogen (secondary N) is 2. The van der Waals surface area contributed by atoms with Gasteiger partial charge in [-0.3, -0.25) is 19.4 Å². The first kappa shape index (κ1) is 25.8. The second-order valence-corrected chi connectivity index (χ2v) is 7.85. The van der Waals surface area contributed by atoms with Crippen molar-refractivity contribution in [2.75, 3.05) is 5.32 Å². The molecule has 3 rings (SSSR count). The summed E-state index contributed by atoms with van der Waals surface area (Å²) < 4.78 is 58.3. The number of nitrogens with zero attached hydrogens (tertiary/aromatic N) is 2. The minimum Gasteiger partial charge on any atom is -0.311 e. The molecule has 2 heterocycles. The van der Waals surface area contributed by atoms with Gasteiger partial charge in [-0.1, -0.05) is 19.1 Å². The fraction of sp³-hybridized carbons (Fsp3) is 0.250. The molecule has 0 aliphatic heterocycles.